The number of furan rings is 1. The third kappa shape index (κ3) is 9.08. The van der Waals surface area contributed by atoms with Crippen LogP contribution in [0.25, 0.3) is 33.1 Å². The highest BCUT2D eigenvalue weighted by molar-refractivity contribution is 7.00. The van der Waals surface area contributed by atoms with Gasteiger partial charge in [0.2, 0.25) is 0 Å². The summed E-state index contributed by atoms with van der Waals surface area (Å²) >= 11 is 0. The molecule has 2 unspecified atom stereocenters. The summed E-state index contributed by atoms with van der Waals surface area (Å²) in [6.07, 6.45) is 3.92. The lowest BCUT2D eigenvalue weighted by Crippen LogP contribution is -2.64. The van der Waals surface area contributed by atoms with Crippen LogP contribution >= 0.6 is 0 Å². The molecular weight excluding hydrogens is 1090 g/mol. The van der Waals surface area contributed by atoms with Gasteiger partial charge in [0.25, 0.3) is 6.71 Å². The van der Waals surface area contributed by atoms with Gasteiger partial charge in [-0.15, -0.1) is 0 Å². The maximum absolute atomic E-state index is 9.60. The topological polar surface area (TPSA) is 26.1 Å². The molecule has 2 atom stereocenters. The molecule has 10 aromatic carbocycles. The van der Waals surface area contributed by atoms with Crippen LogP contribution in [0.5, 0.6) is 0 Å². The largest absolute Gasteiger partial charge is 0.456 e. The Morgan fingerprint density at radius 1 is 0.444 bits per heavy atom. The fraction of sp³-hybridized carbons (Fsp3) is 0.286. The smallest absolute Gasteiger partial charge is 0.252 e. The third-order valence-electron chi connectivity index (χ3n) is 20.9. The highest BCUT2D eigenvalue weighted by atomic mass is 16.3. The van der Waals surface area contributed by atoms with Crippen molar-refractivity contribution in [2.45, 2.75) is 155 Å². The zero-order valence-corrected chi connectivity index (χ0v) is 54.9. The summed E-state index contributed by atoms with van der Waals surface area (Å²) in [5.74, 6) is 0. The molecule has 450 valence electrons. The Labute approximate surface area is 542 Å². The minimum Gasteiger partial charge on any atom is -0.456 e. The molecule has 15 rings (SSSR count). The van der Waals surface area contributed by atoms with E-state index < -0.39 is 23.7 Å². The summed E-state index contributed by atoms with van der Waals surface area (Å²) in [7, 11) is 0. The number of nitrogens with zero attached hydrogens (tertiary/aromatic N) is 4. The van der Waals surface area contributed by atoms with Crippen LogP contribution in [-0.4, -0.2) is 12.3 Å². The number of fused-ring (bicyclic) bond motifs is 10. The van der Waals surface area contributed by atoms with E-state index in [-0.39, 0.29) is 51.4 Å². The van der Waals surface area contributed by atoms with E-state index in [1.165, 1.54) is 22.3 Å². The van der Waals surface area contributed by atoms with Crippen molar-refractivity contribution < 1.29 is 11.3 Å². The first-order chi connectivity index (χ1) is 45.0. The molecule has 0 N–H and O–H groups in total. The van der Waals surface area contributed by atoms with Crippen LogP contribution in [0.1, 0.15) is 157 Å². The van der Waals surface area contributed by atoms with Crippen LogP contribution in [0.15, 0.2) is 217 Å². The van der Waals surface area contributed by atoms with Crippen molar-refractivity contribution in [3.63, 3.8) is 0 Å². The molecule has 4 heterocycles. The van der Waals surface area contributed by atoms with Crippen molar-refractivity contribution in [1.82, 2.24) is 0 Å². The first-order valence-corrected chi connectivity index (χ1v) is 32.6. The molecule has 0 radical (unpaired) electrons. The summed E-state index contributed by atoms with van der Waals surface area (Å²) in [4.78, 5) is 10.1. The lowest BCUT2D eigenvalue weighted by Gasteiger charge is -2.53. The number of para-hydroxylation sites is 1. The van der Waals surface area contributed by atoms with Gasteiger partial charge >= 0.3 is 0 Å². The van der Waals surface area contributed by atoms with E-state index in [4.69, 9.17) is 8.53 Å². The highest BCUT2D eigenvalue weighted by Gasteiger charge is 2.61. The predicted molar refractivity (Wildman–Crippen MR) is 385 cm³/mol. The maximum atomic E-state index is 9.60. The number of benzene rings is 10. The van der Waals surface area contributed by atoms with Gasteiger partial charge in [-0.25, -0.2) is 0 Å². The molecular formula is C84H85BN4O. The zero-order chi connectivity index (χ0) is 67.0. The molecule has 1 saturated carbocycles. The summed E-state index contributed by atoms with van der Waals surface area (Å²) < 4.78 is 53.0. The standard InChI is InChI=1S/C84H85BN4O/c1-79(2,3)56-29-37-60(38-30-56)86(61-39-31-57(32-40-61)80(4,5)6)64-45-46-68-71(51-64)88(70-26-22-28-75-76(70)66-25-18-19-27-74(66)90-75)72-52-65(87(62-41-33-58(34-42-62)81(7,8)9)63-43-35-59(36-44-63)82(10,11)12)53-73-77(72)85(68)69-50-55(54-23-16-15-17-24-54)49-67-78(69)89(73)84(14)48-21-20-47-83(67,84)13/h15-19,22-46,49-53H,20-21,47-48H2,1-14H3/i15D,16D,17D,23D,24D. The molecule has 1 fully saturated rings. The zero-order valence-electron chi connectivity index (χ0n) is 59.9. The van der Waals surface area contributed by atoms with Gasteiger partial charge < -0.3 is 24.0 Å². The van der Waals surface area contributed by atoms with Crippen LogP contribution in [0, 0.1) is 0 Å². The quantitative estimate of drug-likeness (QED) is 0.141. The molecule has 6 heteroatoms. The number of anilines is 11. The van der Waals surface area contributed by atoms with Gasteiger partial charge in [0, 0.05) is 62.0 Å². The van der Waals surface area contributed by atoms with Gasteiger partial charge in [-0.3, -0.25) is 0 Å². The van der Waals surface area contributed by atoms with E-state index in [0.29, 0.717) is 5.56 Å². The molecule has 4 aliphatic rings. The van der Waals surface area contributed by atoms with E-state index in [1.807, 2.05) is 6.07 Å². The molecule has 3 aliphatic heterocycles. The average Bonchev–Trinajstić information content (AvgIpc) is 1.55. The first-order valence-electron chi connectivity index (χ1n) is 35.1. The fourth-order valence-corrected chi connectivity index (χ4v) is 15.7. The van der Waals surface area contributed by atoms with Gasteiger partial charge in [0.1, 0.15) is 11.2 Å². The Bertz CT molecular complexity index is 4790. The maximum Gasteiger partial charge on any atom is 0.252 e. The summed E-state index contributed by atoms with van der Waals surface area (Å²) in [6, 6.07) is 66.3. The molecule has 0 amide bonds. The molecule has 5 nitrogen and oxygen atoms in total. The second-order valence-electron chi connectivity index (χ2n) is 30.6. The van der Waals surface area contributed by atoms with Crippen molar-refractivity contribution in [2.24, 2.45) is 0 Å². The monoisotopic (exact) mass is 1180 g/mol. The van der Waals surface area contributed by atoms with Crippen LogP contribution in [0.2, 0.25) is 0 Å². The van der Waals surface area contributed by atoms with Crippen LogP contribution in [-0.2, 0) is 27.1 Å². The normalized spacial score (nSPS) is 18.5. The van der Waals surface area contributed by atoms with E-state index in [9.17, 15) is 2.74 Å². The lowest BCUT2D eigenvalue weighted by atomic mass is 9.33. The third-order valence-corrected chi connectivity index (χ3v) is 20.9. The summed E-state index contributed by atoms with van der Waals surface area (Å²) in [6.45, 7) is 31.8. The Kier molecular flexibility index (Phi) is 11.8. The van der Waals surface area contributed by atoms with Crippen LogP contribution < -0.4 is 36.0 Å². The van der Waals surface area contributed by atoms with Crippen molar-refractivity contribution in [3.8, 4) is 11.1 Å². The van der Waals surface area contributed by atoms with E-state index in [2.05, 4.69) is 292 Å². The van der Waals surface area contributed by atoms with Crippen molar-refractivity contribution in [3.05, 3.63) is 240 Å². The molecule has 1 aromatic heterocycles. The molecule has 0 bridgehead atoms. The first kappa shape index (κ1) is 52.1. The Hall–Kier alpha value is -8.74. The molecule has 90 heavy (non-hydrogen) atoms. The molecule has 1 aliphatic carbocycles. The second-order valence-corrected chi connectivity index (χ2v) is 30.6. The van der Waals surface area contributed by atoms with Gasteiger partial charge in [0.05, 0.1) is 29.2 Å². The molecule has 0 spiro atoms. The second kappa shape index (κ2) is 20.4. The Morgan fingerprint density at radius 3 is 1.49 bits per heavy atom. The Morgan fingerprint density at radius 2 is 0.933 bits per heavy atom. The number of hydrogen-bond donors (Lipinski definition) is 0. The SMILES string of the molecule is [2H]c1c([2H])c([2H])c(-c2cc3c4c(c2)C2(C)CCCCC2(C)N4c2cc(N(c4ccc(C(C)(C)C)cc4)c4ccc(C(C)(C)C)cc4)cc4c2B3c2ccc(N(c3ccc(C(C)(C)C)cc3)c3ccc(C(C)(C)C)cc3)cc2N4c2cccc3oc4ccccc4c23)c([2H])c1[2H]. The molecule has 11 aromatic rings. The minimum absolute atomic E-state index is 0.0586. The van der Waals surface area contributed by atoms with Crippen LogP contribution in [0.3, 0.4) is 0 Å². The van der Waals surface area contributed by atoms with E-state index in [1.54, 1.807) is 0 Å². The number of rotatable bonds is 8. The predicted octanol–water partition coefficient (Wildman–Crippen LogP) is 21.7. The average molecular weight is 1180 g/mol. The Balaban J connectivity index is 1.10. The van der Waals surface area contributed by atoms with Crippen molar-refractivity contribution in [2.75, 3.05) is 19.6 Å². The fourth-order valence-electron chi connectivity index (χ4n) is 15.7. The van der Waals surface area contributed by atoms with Crippen molar-refractivity contribution >= 4 is 108 Å². The highest BCUT2D eigenvalue weighted by Crippen LogP contribution is 2.63. The van der Waals surface area contributed by atoms with Gasteiger partial charge in [-0.2, -0.15) is 0 Å². The van der Waals surface area contributed by atoms with E-state index >= 15 is 0 Å². The van der Waals surface area contributed by atoms with E-state index in [0.717, 1.165) is 132 Å². The summed E-state index contributed by atoms with van der Waals surface area (Å²) in [5, 5.41) is 2.03. The summed E-state index contributed by atoms with van der Waals surface area (Å²) in [5.41, 5.74) is 22.2. The lowest BCUT2D eigenvalue weighted by molar-refractivity contribution is 0.195. The van der Waals surface area contributed by atoms with Crippen molar-refractivity contribution in [1.29, 1.82) is 0 Å². The van der Waals surface area contributed by atoms with Gasteiger partial charge in [-0.1, -0.05) is 218 Å². The van der Waals surface area contributed by atoms with Gasteiger partial charge in [0.15, 0.2) is 0 Å². The van der Waals surface area contributed by atoms with Gasteiger partial charge in [-0.05, 0) is 194 Å². The van der Waals surface area contributed by atoms with Crippen LogP contribution in [0.4, 0.5) is 62.6 Å². The minimum atomic E-state index is -0.451. The number of hydrogen-bond acceptors (Lipinski definition) is 5. The molecule has 0 saturated heterocycles.